The summed E-state index contributed by atoms with van der Waals surface area (Å²) in [5.74, 6) is -0.895. The Kier molecular flexibility index (Phi) is 51.3. The van der Waals surface area contributed by atoms with Crippen LogP contribution in [0.5, 0.6) is 0 Å². The summed E-state index contributed by atoms with van der Waals surface area (Å²) in [5, 5.41) is 0. The fourth-order valence-corrected chi connectivity index (χ4v) is 7.78. The molecule has 0 bridgehead atoms. The van der Waals surface area contributed by atoms with E-state index < -0.39 is 6.10 Å². The molecule has 0 aromatic rings. The van der Waals surface area contributed by atoms with Crippen LogP contribution in [0.4, 0.5) is 0 Å². The summed E-state index contributed by atoms with van der Waals surface area (Å²) in [6, 6.07) is 0. The van der Waals surface area contributed by atoms with Crippen LogP contribution in [0.25, 0.3) is 0 Å². The van der Waals surface area contributed by atoms with Gasteiger partial charge in [0, 0.05) is 19.3 Å². The minimum absolute atomic E-state index is 0.0795. The first-order chi connectivity index (χ1) is 32.0. The minimum Gasteiger partial charge on any atom is -0.462 e. The Hall–Kier alpha value is -2.89. The van der Waals surface area contributed by atoms with E-state index in [1.807, 2.05) is 0 Å². The maximum Gasteiger partial charge on any atom is 0.306 e. The standard InChI is InChI=1S/C59H104O6/c1-4-7-10-13-16-19-21-23-24-25-26-27-28-29-30-31-32-33-34-36-37-40-43-46-49-52-58(61)64-55-56(54-63-57(60)51-48-45-42-39-18-15-12-9-6-3)65-59(62)53-50-47-44-41-38-35-22-20-17-14-11-8-5-2/h11,14,20-23,25-26,28-29,56H,4-10,12-13,15-19,24,27,30-55H2,1-3H3/b14-11-,22-20-,23-21-,26-25-,29-28-. The molecule has 6 heteroatoms. The Balaban J connectivity index is 4.21. The molecule has 0 saturated heterocycles. The molecule has 0 heterocycles. The molecule has 0 saturated carbocycles. The smallest absolute Gasteiger partial charge is 0.306 e. The second-order valence-electron chi connectivity index (χ2n) is 18.5. The Morgan fingerprint density at radius 1 is 0.308 bits per heavy atom. The van der Waals surface area contributed by atoms with E-state index in [9.17, 15) is 14.4 Å². The third-order valence-electron chi connectivity index (χ3n) is 12.0. The van der Waals surface area contributed by atoms with Crippen molar-refractivity contribution in [2.45, 2.75) is 284 Å². The van der Waals surface area contributed by atoms with Crippen molar-refractivity contribution in [2.75, 3.05) is 13.2 Å². The summed E-state index contributed by atoms with van der Waals surface area (Å²) in [7, 11) is 0. The van der Waals surface area contributed by atoms with Crippen LogP contribution in [0.15, 0.2) is 60.8 Å². The lowest BCUT2D eigenvalue weighted by molar-refractivity contribution is -0.167. The molecule has 0 N–H and O–H groups in total. The van der Waals surface area contributed by atoms with Gasteiger partial charge in [0.1, 0.15) is 13.2 Å². The lowest BCUT2D eigenvalue weighted by Gasteiger charge is -2.18. The number of esters is 3. The van der Waals surface area contributed by atoms with Crippen molar-refractivity contribution in [1.29, 1.82) is 0 Å². The van der Waals surface area contributed by atoms with E-state index in [1.54, 1.807) is 0 Å². The van der Waals surface area contributed by atoms with Crippen molar-refractivity contribution in [3.8, 4) is 0 Å². The molecule has 65 heavy (non-hydrogen) atoms. The third kappa shape index (κ3) is 51.9. The van der Waals surface area contributed by atoms with E-state index in [0.717, 1.165) is 103 Å². The second-order valence-corrected chi connectivity index (χ2v) is 18.5. The molecule has 0 aliphatic heterocycles. The molecule has 0 radical (unpaired) electrons. The first kappa shape index (κ1) is 62.1. The monoisotopic (exact) mass is 909 g/mol. The average Bonchev–Trinajstić information content (AvgIpc) is 3.30. The minimum atomic E-state index is -0.780. The van der Waals surface area contributed by atoms with Gasteiger partial charge in [0.05, 0.1) is 0 Å². The SMILES string of the molecule is CCC/C=C\C/C=C\CCCCCCCC(=O)OC(COC(=O)CCCCCCCCCCC)COC(=O)CCCCCCCCCCCC/C=C\C/C=C\C/C=C\CCCCCCC. The maximum atomic E-state index is 12.8. The summed E-state index contributed by atoms with van der Waals surface area (Å²) in [4.78, 5) is 37.9. The summed E-state index contributed by atoms with van der Waals surface area (Å²) in [5.41, 5.74) is 0. The zero-order valence-electron chi connectivity index (χ0n) is 43.0. The van der Waals surface area contributed by atoms with Crippen molar-refractivity contribution >= 4 is 17.9 Å². The lowest BCUT2D eigenvalue weighted by Crippen LogP contribution is -2.30. The van der Waals surface area contributed by atoms with Gasteiger partial charge in [-0.2, -0.15) is 0 Å². The molecule has 0 spiro atoms. The maximum absolute atomic E-state index is 12.8. The van der Waals surface area contributed by atoms with Gasteiger partial charge in [-0.1, -0.05) is 236 Å². The molecule has 0 aliphatic rings. The average molecular weight is 909 g/mol. The van der Waals surface area contributed by atoms with Gasteiger partial charge in [0.15, 0.2) is 6.10 Å². The molecular weight excluding hydrogens is 805 g/mol. The van der Waals surface area contributed by atoms with Crippen LogP contribution < -0.4 is 0 Å². The van der Waals surface area contributed by atoms with Gasteiger partial charge in [0.2, 0.25) is 0 Å². The van der Waals surface area contributed by atoms with Crippen molar-refractivity contribution in [3.05, 3.63) is 60.8 Å². The number of ether oxygens (including phenoxy) is 3. The van der Waals surface area contributed by atoms with E-state index in [-0.39, 0.29) is 31.1 Å². The van der Waals surface area contributed by atoms with E-state index >= 15 is 0 Å². The number of allylic oxidation sites excluding steroid dienone is 10. The number of hydrogen-bond acceptors (Lipinski definition) is 6. The highest BCUT2D eigenvalue weighted by atomic mass is 16.6. The second kappa shape index (κ2) is 53.7. The number of carbonyl (C=O) groups excluding carboxylic acids is 3. The Bertz CT molecular complexity index is 1180. The largest absolute Gasteiger partial charge is 0.462 e. The third-order valence-corrected chi connectivity index (χ3v) is 12.0. The highest BCUT2D eigenvalue weighted by Gasteiger charge is 2.19. The topological polar surface area (TPSA) is 78.9 Å². The Labute approximate surface area is 402 Å². The van der Waals surface area contributed by atoms with Crippen molar-refractivity contribution in [2.24, 2.45) is 0 Å². The fourth-order valence-electron chi connectivity index (χ4n) is 7.78. The van der Waals surface area contributed by atoms with Crippen LogP contribution >= 0.6 is 0 Å². The highest BCUT2D eigenvalue weighted by Crippen LogP contribution is 2.15. The first-order valence-corrected chi connectivity index (χ1v) is 27.8. The van der Waals surface area contributed by atoms with Crippen LogP contribution in [0.2, 0.25) is 0 Å². The van der Waals surface area contributed by atoms with E-state index in [2.05, 4.69) is 81.5 Å². The van der Waals surface area contributed by atoms with Crippen LogP contribution in [0.1, 0.15) is 278 Å². The van der Waals surface area contributed by atoms with E-state index in [0.29, 0.717) is 19.3 Å². The number of rotatable bonds is 50. The first-order valence-electron chi connectivity index (χ1n) is 27.8. The van der Waals surface area contributed by atoms with Crippen LogP contribution in [-0.4, -0.2) is 37.2 Å². The van der Waals surface area contributed by atoms with E-state index in [1.165, 1.54) is 135 Å². The molecule has 1 unspecified atom stereocenters. The molecule has 0 aliphatic carbocycles. The summed E-state index contributed by atoms with van der Waals surface area (Å²) < 4.78 is 16.8. The van der Waals surface area contributed by atoms with Gasteiger partial charge in [-0.3, -0.25) is 14.4 Å². The molecule has 0 rings (SSSR count). The molecule has 0 fully saturated rings. The Morgan fingerprint density at radius 2 is 0.585 bits per heavy atom. The lowest BCUT2D eigenvalue weighted by atomic mass is 10.1. The van der Waals surface area contributed by atoms with Gasteiger partial charge in [-0.25, -0.2) is 0 Å². The predicted octanol–water partition coefficient (Wildman–Crippen LogP) is 18.4. The predicted molar refractivity (Wildman–Crippen MR) is 279 cm³/mol. The van der Waals surface area contributed by atoms with Crippen molar-refractivity contribution < 1.29 is 28.6 Å². The molecule has 0 aromatic heterocycles. The van der Waals surface area contributed by atoms with Gasteiger partial charge < -0.3 is 14.2 Å². The Morgan fingerprint density at radius 3 is 0.923 bits per heavy atom. The molecule has 1 atom stereocenters. The van der Waals surface area contributed by atoms with Crippen molar-refractivity contribution in [1.82, 2.24) is 0 Å². The highest BCUT2D eigenvalue weighted by molar-refractivity contribution is 5.71. The van der Waals surface area contributed by atoms with Gasteiger partial charge >= 0.3 is 17.9 Å². The molecule has 0 aromatic carbocycles. The summed E-state index contributed by atoms with van der Waals surface area (Å²) in [6.45, 7) is 6.54. The van der Waals surface area contributed by atoms with Crippen LogP contribution in [0, 0.1) is 0 Å². The fraction of sp³-hybridized carbons (Fsp3) is 0.780. The van der Waals surface area contributed by atoms with Gasteiger partial charge in [-0.15, -0.1) is 0 Å². The number of unbranched alkanes of at least 4 members (excludes halogenated alkanes) is 29. The van der Waals surface area contributed by atoms with E-state index in [4.69, 9.17) is 14.2 Å². The van der Waals surface area contributed by atoms with Crippen LogP contribution in [0.3, 0.4) is 0 Å². The zero-order chi connectivity index (χ0) is 47.2. The van der Waals surface area contributed by atoms with Crippen molar-refractivity contribution in [3.63, 3.8) is 0 Å². The molecule has 0 amide bonds. The number of carbonyl (C=O) groups is 3. The van der Waals surface area contributed by atoms with Gasteiger partial charge in [0.25, 0.3) is 0 Å². The van der Waals surface area contributed by atoms with Gasteiger partial charge in [-0.05, 0) is 83.5 Å². The molecule has 6 nitrogen and oxygen atoms in total. The molecular formula is C59H104O6. The quantitative estimate of drug-likeness (QED) is 0.0262. The number of hydrogen-bond donors (Lipinski definition) is 0. The normalized spacial score (nSPS) is 12.5. The van der Waals surface area contributed by atoms with Crippen LogP contribution in [-0.2, 0) is 28.6 Å². The molecule has 376 valence electrons. The summed E-state index contributed by atoms with van der Waals surface area (Å²) >= 11 is 0. The summed E-state index contributed by atoms with van der Waals surface area (Å²) in [6.07, 6.45) is 66.5. The zero-order valence-corrected chi connectivity index (χ0v) is 43.0.